The predicted molar refractivity (Wildman–Crippen MR) is 103 cm³/mol. The van der Waals surface area contributed by atoms with Gasteiger partial charge in [0.1, 0.15) is 11.9 Å². The summed E-state index contributed by atoms with van der Waals surface area (Å²) in [4.78, 5) is 14.9. The second kappa shape index (κ2) is 7.32. The third-order valence-corrected chi connectivity index (χ3v) is 5.12. The smallest absolute Gasteiger partial charge is 0.244 e. The third kappa shape index (κ3) is 3.48. The Kier molecular flexibility index (Phi) is 4.73. The fraction of sp³-hybridized carbons (Fsp3) is 0.286. The van der Waals surface area contributed by atoms with Crippen LogP contribution in [0.5, 0.6) is 0 Å². The third-order valence-electron chi connectivity index (χ3n) is 5.12. The van der Waals surface area contributed by atoms with Crippen molar-refractivity contribution in [1.82, 2.24) is 19.7 Å². The van der Waals surface area contributed by atoms with Crippen molar-refractivity contribution in [2.24, 2.45) is 5.73 Å². The van der Waals surface area contributed by atoms with Crippen LogP contribution in [-0.4, -0.2) is 32.1 Å². The summed E-state index contributed by atoms with van der Waals surface area (Å²) in [5, 5.41) is 8.52. The molecule has 1 aliphatic rings. The Bertz CT molecular complexity index is 922. The van der Waals surface area contributed by atoms with Crippen LogP contribution >= 0.6 is 0 Å². The minimum Gasteiger partial charge on any atom is -0.331 e. The molecule has 0 bridgehead atoms. The molecule has 0 saturated carbocycles. The summed E-state index contributed by atoms with van der Waals surface area (Å²) < 4.78 is 2.16. The Hall–Kier alpha value is -2.99. The fourth-order valence-corrected chi connectivity index (χ4v) is 3.78. The highest BCUT2D eigenvalue weighted by molar-refractivity contribution is 5.83. The van der Waals surface area contributed by atoms with Gasteiger partial charge in [0.15, 0.2) is 5.82 Å². The van der Waals surface area contributed by atoms with Crippen molar-refractivity contribution in [3.05, 3.63) is 83.4 Å². The molecule has 6 heteroatoms. The van der Waals surface area contributed by atoms with E-state index in [9.17, 15) is 4.79 Å². The minimum absolute atomic E-state index is 0.0776. The lowest BCUT2D eigenvalue weighted by Gasteiger charge is -2.35. The van der Waals surface area contributed by atoms with Crippen molar-refractivity contribution in [1.29, 1.82) is 0 Å². The number of nitrogens with zero attached hydrogens (tertiary/aromatic N) is 4. The maximum absolute atomic E-state index is 13.1. The quantitative estimate of drug-likeness (QED) is 0.774. The van der Waals surface area contributed by atoms with E-state index >= 15 is 0 Å². The van der Waals surface area contributed by atoms with Gasteiger partial charge in [0.2, 0.25) is 5.91 Å². The summed E-state index contributed by atoms with van der Waals surface area (Å²) in [6, 6.07) is 19.2. The SMILES string of the molecule is Cc1nnc2n1[C@H](Cc1ccccc1)CN(C(=O)[C@H](N)c1ccccc1)C2. The van der Waals surface area contributed by atoms with Crippen LogP contribution in [0.4, 0.5) is 0 Å². The van der Waals surface area contributed by atoms with E-state index in [0.717, 1.165) is 23.6 Å². The Balaban J connectivity index is 1.60. The highest BCUT2D eigenvalue weighted by Crippen LogP contribution is 2.27. The summed E-state index contributed by atoms with van der Waals surface area (Å²) in [6.07, 6.45) is 0.817. The minimum atomic E-state index is -0.667. The maximum Gasteiger partial charge on any atom is 0.244 e. The molecule has 138 valence electrons. The van der Waals surface area contributed by atoms with Gasteiger partial charge < -0.3 is 15.2 Å². The second-order valence-electron chi connectivity index (χ2n) is 6.98. The van der Waals surface area contributed by atoms with Gasteiger partial charge in [-0.1, -0.05) is 60.7 Å². The monoisotopic (exact) mass is 361 g/mol. The molecule has 2 N–H and O–H groups in total. The molecule has 27 heavy (non-hydrogen) atoms. The molecule has 2 atom stereocenters. The number of amides is 1. The van der Waals surface area contributed by atoms with Crippen molar-refractivity contribution in [3.8, 4) is 0 Å². The van der Waals surface area contributed by atoms with Crippen molar-refractivity contribution < 1.29 is 4.79 Å². The second-order valence-corrected chi connectivity index (χ2v) is 6.98. The number of hydrogen-bond donors (Lipinski definition) is 1. The van der Waals surface area contributed by atoms with Gasteiger partial charge in [0.05, 0.1) is 12.6 Å². The van der Waals surface area contributed by atoms with E-state index in [1.165, 1.54) is 5.56 Å². The van der Waals surface area contributed by atoms with Crippen molar-refractivity contribution >= 4 is 5.91 Å². The number of aryl methyl sites for hydroxylation is 1. The normalized spacial score (nSPS) is 17.4. The molecule has 0 saturated heterocycles. The zero-order valence-electron chi connectivity index (χ0n) is 15.3. The van der Waals surface area contributed by atoms with Gasteiger partial charge in [-0.25, -0.2) is 0 Å². The van der Waals surface area contributed by atoms with Gasteiger partial charge in [-0.2, -0.15) is 0 Å². The van der Waals surface area contributed by atoms with E-state index in [2.05, 4.69) is 26.9 Å². The van der Waals surface area contributed by atoms with Gasteiger partial charge in [0.25, 0.3) is 0 Å². The number of fused-ring (bicyclic) bond motifs is 1. The molecular formula is C21H23N5O. The van der Waals surface area contributed by atoms with Crippen molar-refractivity contribution in [3.63, 3.8) is 0 Å². The molecule has 1 aromatic heterocycles. The zero-order valence-corrected chi connectivity index (χ0v) is 15.3. The largest absolute Gasteiger partial charge is 0.331 e. The number of carbonyl (C=O) groups is 1. The molecule has 1 amide bonds. The molecule has 0 fully saturated rings. The first-order valence-corrected chi connectivity index (χ1v) is 9.17. The lowest BCUT2D eigenvalue weighted by Crippen LogP contribution is -2.45. The van der Waals surface area contributed by atoms with Crippen molar-refractivity contribution in [2.75, 3.05) is 6.54 Å². The molecule has 3 aromatic rings. The highest BCUT2D eigenvalue weighted by Gasteiger charge is 2.33. The lowest BCUT2D eigenvalue weighted by atomic mass is 10.0. The van der Waals surface area contributed by atoms with Gasteiger partial charge >= 0.3 is 0 Å². The first kappa shape index (κ1) is 17.4. The van der Waals surface area contributed by atoms with Crippen LogP contribution in [0.25, 0.3) is 0 Å². The predicted octanol–water partition coefficient (Wildman–Crippen LogP) is 2.41. The number of benzene rings is 2. The molecule has 0 unspecified atom stereocenters. The zero-order chi connectivity index (χ0) is 18.8. The van der Waals surface area contributed by atoms with Gasteiger partial charge in [-0.3, -0.25) is 4.79 Å². The van der Waals surface area contributed by atoms with Crippen LogP contribution < -0.4 is 5.73 Å². The molecule has 2 heterocycles. The summed E-state index contributed by atoms with van der Waals surface area (Å²) in [6.45, 7) is 2.99. The van der Waals surface area contributed by atoms with Gasteiger partial charge in [-0.15, -0.1) is 10.2 Å². The number of nitrogens with two attached hydrogens (primary N) is 1. The molecule has 4 rings (SSSR count). The van der Waals surface area contributed by atoms with E-state index in [4.69, 9.17) is 5.73 Å². The molecule has 0 aliphatic carbocycles. The van der Waals surface area contributed by atoms with Crippen LogP contribution in [0.1, 0.15) is 34.9 Å². The standard InChI is InChI=1S/C21H23N5O/c1-15-23-24-19-14-25(21(27)20(22)17-10-6-3-7-11-17)13-18(26(15)19)12-16-8-4-2-5-9-16/h2-11,18,20H,12-14,22H2,1H3/t18-,20-/m1/s1. The molecular weight excluding hydrogens is 338 g/mol. The summed E-state index contributed by atoms with van der Waals surface area (Å²) in [5.74, 6) is 1.62. The van der Waals surface area contributed by atoms with Gasteiger partial charge in [-0.05, 0) is 24.5 Å². The molecule has 0 radical (unpaired) electrons. The Morgan fingerprint density at radius 1 is 1.11 bits per heavy atom. The van der Waals surface area contributed by atoms with Crippen LogP contribution in [0.3, 0.4) is 0 Å². The van der Waals surface area contributed by atoms with E-state index in [1.807, 2.05) is 60.4 Å². The molecule has 0 spiro atoms. The Labute approximate surface area is 158 Å². The van der Waals surface area contributed by atoms with Gasteiger partial charge in [0, 0.05) is 6.54 Å². The first-order chi connectivity index (χ1) is 13.1. The molecule has 6 nitrogen and oxygen atoms in total. The van der Waals surface area contributed by atoms with E-state index in [-0.39, 0.29) is 11.9 Å². The number of rotatable bonds is 4. The van der Waals surface area contributed by atoms with E-state index < -0.39 is 6.04 Å². The summed E-state index contributed by atoms with van der Waals surface area (Å²) >= 11 is 0. The number of hydrogen-bond acceptors (Lipinski definition) is 4. The van der Waals surface area contributed by atoms with Crippen LogP contribution in [0.2, 0.25) is 0 Å². The Morgan fingerprint density at radius 2 is 1.78 bits per heavy atom. The average molecular weight is 361 g/mol. The van der Waals surface area contributed by atoms with Crippen LogP contribution in [0.15, 0.2) is 60.7 Å². The van der Waals surface area contributed by atoms with Crippen LogP contribution in [0, 0.1) is 6.92 Å². The maximum atomic E-state index is 13.1. The summed E-state index contributed by atoms with van der Waals surface area (Å²) in [5.41, 5.74) is 8.31. The Morgan fingerprint density at radius 3 is 2.48 bits per heavy atom. The number of aromatic nitrogens is 3. The topological polar surface area (TPSA) is 77.0 Å². The lowest BCUT2D eigenvalue weighted by molar-refractivity contribution is -0.134. The molecule has 2 aromatic carbocycles. The molecule has 1 aliphatic heterocycles. The fourth-order valence-electron chi connectivity index (χ4n) is 3.78. The van der Waals surface area contributed by atoms with Crippen LogP contribution in [-0.2, 0) is 17.8 Å². The van der Waals surface area contributed by atoms with E-state index in [0.29, 0.717) is 13.1 Å². The van der Waals surface area contributed by atoms with E-state index in [1.54, 1.807) is 0 Å². The summed E-state index contributed by atoms with van der Waals surface area (Å²) in [7, 11) is 0. The number of carbonyl (C=O) groups excluding carboxylic acids is 1. The van der Waals surface area contributed by atoms with Crippen molar-refractivity contribution in [2.45, 2.75) is 32.0 Å². The first-order valence-electron chi connectivity index (χ1n) is 9.17. The average Bonchev–Trinajstić information content (AvgIpc) is 3.09. The highest BCUT2D eigenvalue weighted by atomic mass is 16.2.